The summed E-state index contributed by atoms with van der Waals surface area (Å²) < 4.78 is 0. The quantitative estimate of drug-likeness (QED) is 0.762. The standard InChI is InChI=1S/C20H17N3OS/c1-14-18(11-15-6-3-2-4-7-15)25-19(23-14)13-22-20(24)17-9-5-8-16(10-17)12-21/h2-10H,11,13H2,1H3,(H,22,24). The number of nitriles is 1. The Bertz CT molecular complexity index is 926. The van der Waals surface area contributed by atoms with Crippen LogP contribution >= 0.6 is 11.3 Å². The van der Waals surface area contributed by atoms with Crippen molar-refractivity contribution in [2.75, 3.05) is 0 Å². The summed E-state index contributed by atoms with van der Waals surface area (Å²) in [5, 5.41) is 12.7. The number of benzene rings is 2. The summed E-state index contributed by atoms with van der Waals surface area (Å²) in [6.45, 7) is 2.38. The van der Waals surface area contributed by atoms with Gasteiger partial charge in [0.15, 0.2) is 0 Å². The summed E-state index contributed by atoms with van der Waals surface area (Å²) in [5.74, 6) is -0.199. The zero-order chi connectivity index (χ0) is 17.6. The number of amides is 1. The highest BCUT2D eigenvalue weighted by molar-refractivity contribution is 7.11. The molecule has 0 radical (unpaired) electrons. The van der Waals surface area contributed by atoms with Gasteiger partial charge in [0.1, 0.15) is 5.01 Å². The summed E-state index contributed by atoms with van der Waals surface area (Å²) in [6.07, 6.45) is 0.850. The molecule has 0 bridgehead atoms. The van der Waals surface area contributed by atoms with Gasteiger partial charge in [-0.05, 0) is 30.7 Å². The maximum Gasteiger partial charge on any atom is 0.251 e. The number of nitrogens with one attached hydrogen (secondary N) is 1. The molecule has 0 fully saturated rings. The largest absolute Gasteiger partial charge is 0.346 e. The predicted octanol–water partition coefficient (Wildman–Crippen LogP) is 3.84. The maximum atomic E-state index is 12.2. The smallest absolute Gasteiger partial charge is 0.251 e. The van der Waals surface area contributed by atoms with Crippen LogP contribution in [0.5, 0.6) is 0 Å². The van der Waals surface area contributed by atoms with Crippen molar-refractivity contribution < 1.29 is 4.79 Å². The first-order valence-corrected chi connectivity index (χ1v) is 8.75. The van der Waals surface area contributed by atoms with Gasteiger partial charge in [-0.25, -0.2) is 4.98 Å². The van der Waals surface area contributed by atoms with Crippen molar-refractivity contribution in [3.05, 3.63) is 86.9 Å². The van der Waals surface area contributed by atoms with Crippen LogP contribution in [0, 0.1) is 18.3 Å². The highest BCUT2D eigenvalue weighted by Gasteiger charge is 2.11. The number of carbonyl (C=O) groups is 1. The average molecular weight is 347 g/mol. The van der Waals surface area contributed by atoms with E-state index in [1.165, 1.54) is 10.4 Å². The molecule has 0 saturated carbocycles. The zero-order valence-corrected chi connectivity index (χ0v) is 14.6. The lowest BCUT2D eigenvalue weighted by molar-refractivity contribution is 0.0951. The summed E-state index contributed by atoms with van der Waals surface area (Å²) in [7, 11) is 0. The van der Waals surface area contributed by atoms with Gasteiger partial charge >= 0.3 is 0 Å². The Morgan fingerprint density at radius 2 is 2.00 bits per heavy atom. The number of nitrogens with zero attached hydrogens (tertiary/aromatic N) is 2. The molecular weight excluding hydrogens is 330 g/mol. The van der Waals surface area contributed by atoms with E-state index in [4.69, 9.17) is 5.26 Å². The number of rotatable bonds is 5. The first-order chi connectivity index (χ1) is 12.2. The van der Waals surface area contributed by atoms with Crippen molar-refractivity contribution in [1.29, 1.82) is 5.26 Å². The van der Waals surface area contributed by atoms with Gasteiger partial charge in [-0.2, -0.15) is 5.26 Å². The summed E-state index contributed by atoms with van der Waals surface area (Å²) in [6, 6.07) is 19.0. The Kier molecular flexibility index (Phi) is 5.22. The van der Waals surface area contributed by atoms with E-state index >= 15 is 0 Å². The van der Waals surface area contributed by atoms with Gasteiger partial charge < -0.3 is 5.32 Å². The molecule has 0 atom stereocenters. The van der Waals surface area contributed by atoms with Crippen molar-refractivity contribution in [2.24, 2.45) is 0 Å². The molecule has 3 rings (SSSR count). The Hall–Kier alpha value is -2.97. The van der Waals surface area contributed by atoms with Crippen LogP contribution in [0.15, 0.2) is 54.6 Å². The molecule has 2 aromatic carbocycles. The Morgan fingerprint density at radius 3 is 2.76 bits per heavy atom. The normalized spacial score (nSPS) is 10.2. The van der Waals surface area contributed by atoms with Crippen LogP contribution < -0.4 is 5.32 Å². The molecule has 1 heterocycles. The summed E-state index contributed by atoms with van der Waals surface area (Å²) in [5.41, 5.74) is 3.21. The molecular formula is C20H17N3OS. The molecule has 1 aromatic heterocycles. The third-order valence-corrected chi connectivity index (χ3v) is 4.96. The molecule has 1 amide bonds. The fraction of sp³-hybridized carbons (Fsp3) is 0.150. The minimum Gasteiger partial charge on any atom is -0.346 e. The zero-order valence-electron chi connectivity index (χ0n) is 13.8. The molecule has 1 N–H and O–H groups in total. The summed E-state index contributed by atoms with van der Waals surface area (Å²) in [4.78, 5) is 18.0. The average Bonchev–Trinajstić information content (AvgIpc) is 3.00. The minimum atomic E-state index is -0.199. The van der Waals surface area contributed by atoms with Gasteiger partial charge in [-0.3, -0.25) is 4.79 Å². The molecule has 0 saturated heterocycles. The van der Waals surface area contributed by atoms with E-state index in [0.29, 0.717) is 17.7 Å². The number of aromatic nitrogens is 1. The van der Waals surface area contributed by atoms with Gasteiger partial charge in [-0.1, -0.05) is 36.4 Å². The lowest BCUT2D eigenvalue weighted by Crippen LogP contribution is -2.22. The lowest BCUT2D eigenvalue weighted by atomic mass is 10.1. The second kappa shape index (κ2) is 7.73. The van der Waals surface area contributed by atoms with E-state index in [-0.39, 0.29) is 5.91 Å². The van der Waals surface area contributed by atoms with Crippen molar-refractivity contribution >= 4 is 17.2 Å². The number of aryl methyl sites for hydroxylation is 1. The van der Waals surface area contributed by atoms with E-state index in [1.54, 1.807) is 35.6 Å². The molecule has 124 valence electrons. The van der Waals surface area contributed by atoms with Crippen LogP contribution in [0.25, 0.3) is 0 Å². The number of carbonyl (C=O) groups excluding carboxylic acids is 1. The first kappa shape index (κ1) is 16.9. The second-order valence-electron chi connectivity index (χ2n) is 5.65. The number of hydrogen-bond acceptors (Lipinski definition) is 4. The highest BCUT2D eigenvalue weighted by Crippen LogP contribution is 2.21. The van der Waals surface area contributed by atoms with Crippen LogP contribution in [0.1, 0.15) is 37.1 Å². The Labute approximate surface area is 150 Å². The van der Waals surface area contributed by atoms with Crippen LogP contribution in [0.4, 0.5) is 0 Å². The van der Waals surface area contributed by atoms with Crippen molar-refractivity contribution in [3.8, 4) is 6.07 Å². The highest BCUT2D eigenvalue weighted by atomic mass is 32.1. The van der Waals surface area contributed by atoms with E-state index < -0.39 is 0 Å². The molecule has 0 unspecified atom stereocenters. The van der Waals surface area contributed by atoms with Gasteiger partial charge in [0, 0.05) is 16.9 Å². The Balaban J connectivity index is 1.65. The molecule has 0 aliphatic rings. The third kappa shape index (κ3) is 4.31. The molecule has 4 nitrogen and oxygen atoms in total. The van der Waals surface area contributed by atoms with Crippen molar-refractivity contribution in [1.82, 2.24) is 10.3 Å². The SMILES string of the molecule is Cc1nc(CNC(=O)c2cccc(C#N)c2)sc1Cc1ccccc1. The van der Waals surface area contributed by atoms with Gasteiger partial charge in [0.25, 0.3) is 5.91 Å². The topological polar surface area (TPSA) is 65.8 Å². The van der Waals surface area contributed by atoms with Gasteiger partial charge in [0.05, 0.1) is 23.9 Å². The van der Waals surface area contributed by atoms with E-state index in [0.717, 1.165) is 17.1 Å². The van der Waals surface area contributed by atoms with Crippen LogP contribution in [0.3, 0.4) is 0 Å². The molecule has 3 aromatic rings. The number of thiazole rings is 1. The van der Waals surface area contributed by atoms with Gasteiger partial charge in [-0.15, -0.1) is 11.3 Å². The minimum absolute atomic E-state index is 0.199. The van der Waals surface area contributed by atoms with Crippen molar-refractivity contribution in [3.63, 3.8) is 0 Å². The fourth-order valence-electron chi connectivity index (χ4n) is 2.50. The fourth-order valence-corrected chi connectivity index (χ4v) is 3.54. The molecule has 0 aliphatic carbocycles. The van der Waals surface area contributed by atoms with Crippen LogP contribution in [-0.4, -0.2) is 10.9 Å². The lowest BCUT2D eigenvalue weighted by Gasteiger charge is -2.03. The van der Waals surface area contributed by atoms with Gasteiger partial charge in [0.2, 0.25) is 0 Å². The van der Waals surface area contributed by atoms with Crippen molar-refractivity contribution in [2.45, 2.75) is 19.9 Å². The molecule has 25 heavy (non-hydrogen) atoms. The third-order valence-electron chi connectivity index (χ3n) is 3.80. The molecule has 5 heteroatoms. The Morgan fingerprint density at radius 1 is 1.20 bits per heavy atom. The second-order valence-corrected chi connectivity index (χ2v) is 6.82. The first-order valence-electron chi connectivity index (χ1n) is 7.93. The monoisotopic (exact) mass is 347 g/mol. The number of hydrogen-bond donors (Lipinski definition) is 1. The summed E-state index contributed by atoms with van der Waals surface area (Å²) >= 11 is 1.62. The van der Waals surface area contributed by atoms with E-state index in [2.05, 4.69) is 22.4 Å². The van der Waals surface area contributed by atoms with E-state index in [1.807, 2.05) is 31.2 Å². The maximum absolute atomic E-state index is 12.2. The van der Waals surface area contributed by atoms with Crippen LogP contribution in [0.2, 0.25) is 0 Å². The molecule has 0 spiro atoms. The van der Waals surface area contributed by atoms with Crippen LogP contribution in [-0.2, 0) is 13.0 Å². The predicted molar refractivity (Wildman–Crippen MR) is 98.4 cm³/mol. The van der Waals surface area contributed by atoms with E-state index in [9.17, 15) is 4.79 Å². The molecule has 0 aliphatic heterocycles.